The van der Waals surface area contributed by atoms with Gasteiger partial charge in [0.1, 0.15) is 0 Å². The summed E-state index contributed by atoms with van der Waals surface area (Å²) in [5, 5.41) is 9.12. The molecule has 0 aromatic carbocycles. The Kier molecular flexibility index (Phi) is 5.05. The van der Waals surface area contributed by atoms with Gasteiger partial charge in [0.25, 0.3) is 0 Å². The van der Waals surface area contributed by atoms with Crippen LogP contribution >= 0.6 is 0 Å². The van der Waals surface area contributed by atoms with E-state index < -0.39 is 0 Å². The minimum atomic E-state index is 0.195. The van der Waals surface area contributed by atoms with Crippen molar-refractivity contribution in [1.29, 1.82) is 0 Å². The first-order chi connectivity index (χ1) is 7.19. The molecule has 4 nitrogen and oxygen atoms in total. The van der Waals surface area contributed by atoms with Crippen LogP contribution in [0.2, 0.25) is 0 Å². The third-order valence-corrected chi connectivity index (χ3v) is 3.22. The maximum atomic E-state index is 11.6. The van der Waals surface area contributed by atoms with E-state index in [2.05, 4.69) is 4.90 Å². The van der Waals surface area contributed by atoms with Crippen LogP contribution in [0.1, 0.15) is 26.2 Å². The molecule has 0 unspecified atom stereocenters. The lowest BCUT2D eigenvalue weighted by Crippen LogP contribution is -2.36. The molecule has 1 rings (SSSR count). The second-order valence-electron chi connectivity index (χ2n) is 4.17. The number of amides is 1. The summed E-state index contributed by atoms with van der Waals surface area (Å²) in [5.41, 5.74) is 0. The molecule has 1 heterocycles. The van der Waals surface area contributed by atoms with Gasteiger partial charge in [-0.25, -0.2) is 0 Å². The average molecular weight is 214 g/mol. The van der Waals surface area contributed by atoms with Crippen LogP contribution in [-0.2, 0) is 4.79 Å². The number of carbonyl (C=O) groups is 1. The molecule has 0 bridgehead atoms. The van der Waals surface area contributed by atoms with Gasteiger partial charge >= 0.3 is 0 Å². The summed E-state index contributed by atoms with van der Waals surface area (Å²) in [4.78, 5) is 15.5. The molecule has 1 aliphatic heterocycles. The van der Waals surface area contributed by atoms with E-state index in [-0.39, 0.29) is 18.6 Å². The summed E-state index contributed by atoms with van der Waals surface area (Å²) in [7, 11) is 1.83. The van der Waals surface area contributed by atoms with Crippen LogP contribution in [0.5, 0.6) is 0 Å². The van der Waals surface area contributed by atoms with Crippen molar-refractivity contribution >= 4 is 5.91 Å². The molecule has 15 heavy (non-hydrogen) atoms. The lowest BCUT2D eigenvalue weighted by Gasteiger charge is -2.23. The van der Waals surface area contributed by atoms with Crippen molar-refractivity contribution < 1.29 is 9.90 Å². The molecule has 1 atom stereocenters. The molecule has 1 saturated heterocycles. The van der Waals surface area contributed by atoms with Gasteiger partial charge in [0.2, 0.25) is 5.91 Å². The van der Waals surface area contributed by atoms with Gasteiger partial charge in [-0.15, -0.1) is 0 Å². The highest BCUT2D eigenvalue weighted by Crippen LogP contribution is 2.16. The standard InChI is InChI=1S/C11H22N2O2/c1-3-12(2)11(15)6-8-13-7-4-5-10(13)9-14/h10,14H,3-9H2,1-2H3/t10-/m1/s1. The largest absolute Gasteiger partial charge is 0.395 e. The minimum absolute atomic E-state index is 0.195. The van der Waals surface area contributed by atoms with Crippen molar-refractivity contribution in [3.05, 3.63) is 0 Å². The van der Waals surface area contributed by atoms with Crippen LogP contribution in [0.4, 0.5) is 0 Å². The summed E-state index contributed by atoms with van der Waals surface area (Å²) in [6.07, 6.45) is 2.78. The zero-order chi connectivity index (χ0) is 11.3. The number of hydrogen-bond acceptors (Lipinski definition) is 3. The number of hydrogen-bond donors (Lipinski definition) is 1. The van der Waals surface area contributed by atoms with Crippen molar-refractivity contribution in [2.75, 3.05) is 33.3 Å². The molecule has 0 aliphatic carbocycles. The van der Waals surface area contributed by atoms with Crippen LogP contribution in [-0.4, -0.2) is 60.1 Å². The maximum absolute atomic E-state index is 11.6. The highest BCUT2D eigenvalue weighted by atomic mass is 16.3. The molecule has 0 saturated carbocycles. The molecule has 1 N–H and O–H groups in total. The molecule has 1 fully saturated rings. The SMILES string of the molecule is CCN(C)C(=O)CCN1CCC[C@@H]1CO. The monoisotopic (exact) mass is 214 g/mol. The van der Waals surface area contributed by atoms with E-state index in [1.807, 2.05) is 14.0 Å². The minimum Gasteiger partial charge on any atom is -0.395 e. The van der Waals surface area contributed by atoms with E-state index in [9.17, 15) is 4.79 Å². The first-order valence-electron chi connectivity index (χ1n) is 5.78. The Morgan fingerprint density at radius 1 is 1.60 bits per heavy atom. The Morgan fingerprint density at radius 3 is 2.93 bits per heavy atom. The third kappa shape index (κ3) is 3.47. The van der Waals surface area contributed by atoms with Gasteiger partial charge in [0.15, 0.2) is 0 Å². The van der Waals surface area contributed by atoms with Crippen LogP contribution in [0.3, 0.4) is 0 Å². The summed E-state index contributed by atoms with van der Waals surface area (Å²) >= 11 is 0. The Hall–Kier alpha value is -0.610. The van der Waals surface area contributed by atoms with Crippen LogP contribution < -0.4 is 0 Å². The Balaban J connectivity index is 2.27. The summed E-state index contributed by atoms with van der Waals surface area (Å²) in [6.45, 7) is 4.77. The molecule has 0 radical (unpaired) electrons. The normalized spacial score (nSPS) is 21.9. The van der Waals surface area contributed by atoms with Crippen molar-refractivity contribution in [2.24, 2.45) is 0 Å². The molecular formula is C11H22N2O2. The Morgan fingerprint density at radius 2 is 2.33 bits per heavy atom. The fourth-order valence-corrected chi connectivity index (χ4v) is 2.00. The Labute approximate surface area is 91.9 Å². The second-order valence-corrected chi connectivity index (χ2v) is 4.17. The van der Waals surface area contributed by atoms with Crippen molar-refractivity contribution in [3.63, 3.8) is 0 Å². The van der Waals surface area contributed by atoms with Gasteiger partial charge in [-0.05, 0) is 26.3 Å². The van der Waals surface area contributed by atoms with Gasteiger partial charge in [-0.3, -0.25) is 9.69 Å². The van der Waals surface area contributed by atoms with E-state index in [1.165, 1.54) is 0 Å². The van der Waals surface area contributed by atoms with Crippen molar-refractivity contribution in [3.8, 4) is 0 Å². The Bertz CT molecular complexity index is 209. The molecule has 0 aromatic heterocycles. The average Bonchev–Trinajstić information content (AvgIpc) is 2.71. The first-order valence-corrected chi connectivity index (χ1v) is 5.78. The lowest BCUT2D eigenvalue weighted by molar-refractivity contribution is -0.130. The smallest absolute Gasteiger partial charge is 0.223 e. The third-order valence-electron chi connectivity index (χ3n) is 3.22. The number of carbonyl (C=O) groups excluding carboxylic acids is 1. The van der Waals surface area contributed by atoms with Crippen LogP contribution in [0, 0.1) is 0 Å². The first kappa shape index (κ1) is 12.5. The molecule has 88 valence electrons. The van der Waals surface area contributed by atoms with Crippen LogP contribution in [0.25, 0.3) is 0 Å². The van der Waals surface area contributed by atoms with Gasteiger partial charge in [-0.2, -0.15) is 0 Å². The maximum Gasteiger partial charge on any atom is 0.223 e. The van der Waals surface area contributed by atoms with Crippen LogP contribution in [0.15, 0.2) is 0 Å². The number of likely N-dealkylation sites (tertiary alicyclic amines) is 1. The predicted molar refractivity (Wildman–Crippen MR) is 59.6 cm³/mol. The van der Waals surface area contributed by atoms with Gasteiger partial charge in [0.05, 0.1) is 6.61 Å². The summed E-state index contributed by atoms with van der Waals surface area (Å²) in [5.74, 6) is 0.195. The fourth-order valence-electron chi connectivity index (χ4n) is 2.00. The van der Waals surface area contributed by atoms with E-state index in [0.717, 1.165) is 32.5 Å². The second kappa shape index (κ2) is 6.08. The van der Waals surface area contributed by atoms with E-state index in [4.69, 9.17) is 5.11 Å². The zero-order valence-corrected chi connectivity index (χ0v) is 9.78. The summed E-state index contributed by atoms with van der Waals surface area (Å²) in [6, 6.07) is 0.282. The highest BCUT2D eigenvalue weighted by Gasteiger charge is 2.23. The number of aliphatic hydroxyl groups is 1. The predicted octanol–water partition coefficient (Wildman–Crippen LogP) is 0.311. The number of rotatable bonds is 5. The number of nitrogens with zero attached hydrogens (tertiary/aromatic N) is 2. The van der Waals surface area contributed by atoms with Gasteiger partial charge in [-0.1, -0.05) is 0 Å². The van der Waals surface area contributed by atoms with Gasteiger partial charge in [0, 0.05) is 32.6 Å². The fraction of sp³-hybridized carbons (Fsp3) is 0.909. The topological polar surface area (TPSA) is 43.8 Å². The summed E-state index contributed by atoms with van der Waals surface area (Å²) < 4.78 is 0. The highest BCUT2D eigenvalue weighted by molar-refractivity contribution is 5.75. The molecule has 4 heteroatoms. The molecule has 1 aliphatic rings. The van der Waals surface area contributed by atoms with E-state index >= 15 is 0 Å². The van der Waals surface area contributed by atoms with Gasteiger partial charge < -0.3 is 10.0 Å². The van der Waals surface area contributed by atoms with E-state index in [0.29, 0.717) is 6.42 Å². The molecular weight excluding hydrogens is 192 g/mol. The quantitative estimate of drug-likeness (QED) is 0.716. The zero-order valence-electron chi connectivity index (χ0n) is 9.78. The number of aliphatic hydroxyl groups excluding tert-OH is 1. The molecule has 0 spiro atoms. The molecule has 0 aromatic rings. The van der Waals surface area contributed by atoms with Crippen molar-refractivity contribution in [2.45, 2.75) is 32.2 Å². The van der Waals surface area contributed by atoms with Crippen molar-refractivity contribution in [1.82, 2.24) is 9.80 Å². The molecule has 1 amide bonds. The van der Waals surface area contributed by atoms with E-state index in [1.54, 1.807) is 4.90 Å². The lowest BCUT2D eigenvalue weighted by atomic mass is 10.2.